The molecular formula is C17H28N4O. The molecule has 0 radical (unpaired) electrons. The number of guanidine groups is 1. The lowest BCUT2D eigenvalue weighted by molar-refractivity contribution is -0.0259. The molecule has 122 valence electrons. The van der Waals surface area contributed by atoms with Crippen molar-refractivity contribution in [2.75, 3.05) is 46.9 Å². The van der Waals surface area contributed by atoms with Gasteiger partial charge in [0.25, 0.3) is 0 Å². The average Bonchev–Trinajstić information content (AvgIpc) is 2.52. The summed E-state index contributed by atoms with van der Waals surface area (Å²) < 4.78 is 5.86. The van der Waals surface area contributed by atoms with Gasteiger partial charge >= 0.3 is 0 Å². The van der Waals surface area contributed by atoms with Crippen LogP contribution in [0.15, 0.2) is 35.3 Å². The minimum absolute atomic E-state index is 0.172. The molecule has 1 fully saturated rings. The largest absolute Gasteiger partial charge is 0.374 e. The van der Waals surface area contributed by atoms with Gasteiger partial charge in [0.2, 0.25) is 0 Å². The van der Waals surface area contributed by atoms with E-state index >= 15 is 0 Å². The minimum Gasteiger partial charge on any atom is -0.374 e. The van der Waals surface area contributed by atoms with Crippen molar-refractivity contribution in [2.24, 2.45) is 4.99 Å². The Morgan fingerprint density at radius 2 is 2.14 bits per heavy atom. The first-order valence-electron chi connectivity index (χ1n) is 8.02. The van der Waals surface area contributed by atoms with Crippen molar-refractivity contribution >= 4 is 5.96 Å². The Kier molecular flexibility index (Phi) is 6.68. The zero-order valence-electron chi connectivity index (χ0n) is 14.0. The van der Waals surface area contributed by atoms with Gasteiger partial charge in [0.05, 0.1) is 19.3 Å². The highest BCUT2D eigenvalue weighted by Gasteiger charge is 2.20. The lowest BCUT2D eigenvalue weighted by Gasteiger charge is -2.32. The van der Waals surface area contributed by atoms with Gasteiger partial charge in [-0.25, -0.2) is 0 Å². The topological polar surface area (TPSA) is 40.1 Å². The van der Waals surface area contributed by atoms with Crippen LogP contribution in [0.3, 0.4) is 0 Å². The highest BCUT2D eigenvalue weighted by Crippen LogP contribution is 2.10. The number of rotatable bonds is 5. The molecule has 1 atom stereocenters. The number of hydrogen-bond donors (Lipinski definition) is 1. The van der Waals surface area contributed by atoms with Crippen LogP contribution >= 0.6 is 0 Å². The number of nitrogens with one attached hydrogen (secondary N) is 1. The monoisotopic (exact) mass is 304 g/mol. The number of benzene rings is 1. The van der Waals surface area contributed by atoms with Gasteiger partial charge in [-0.2, -0.15) is 0 Å². The molecule has 2 rings (SSSR count). The van der Waals surface area contributed by atoms with Crippen LogP contribution in [0.5, 0.6) is 0 Å². The van der Waals surface area contributed by atoms with E-state index in [1.54, 1.807) is 0 Å². The SMILES string of the molecule is CCNC(=NCC1CN(Cc2ccccc2)CCO1)N(C)C. The van der Waals surface area contributed by atoms with Crippen molar-refractivity contribution in [3.05, 3.63) is 35.9 Å². The third kappa shape index (κ3) is 5.31. The summed E-state index contributed by atoms with van der Waals surface area (Å²) in [5.41, 5.74) is 1.35. The second-order valence-corrected chi connectivity index (χ2v) is 5.80. The predicted molar refractivity (Wildman–Crippen MR) is 91.1 cm³/mol. The number of hydrogen-bond acceptors (Lipinski definition) is 3. The molecule has 0 bridgehead atoms. The van der Waals surface area contributed by atoms with E-state index in [0.29, 0.717) is 6.54 Å². The van der Waals surface area contributed by atoms with Crippen LogP contribution in [0.4, 0.5) is 0 Å². The van der Waals surface area contributed by atoms with Gasteiger partial charge in [0.1, 0.15) is 0 Å². The highest BCUT2D eigenvalue weighted by molar-refractivity contribution is 5.79. The molecule has 0 saturated carbocycles. The minimum atomic E-state index is 0.172. The Morgan fingerprint density at radius 3 is 2.82 bits per heavy atom. The molecule has 1 aromatic rings. The molecule has 0 amide bonds. The van der Waals surface area contributed by atoms with Crippen molar-refractivity contribution in [1.82, 2.24) is 15.1 Å². The lowest BCUT2D eigenvalue weighted by atomic mass is 10.2. The smallest absolute Gasteiger partial charge is 0.193 e. The summed E-state index contributed by atoms with van der Waals surface area (Å²) in [7, 11) is 4.01. The Labute approximate surface area is 134 Å². The van der Waals surface area contributed by atoms with E-state index in [4.69, 9.17) is 4.74 Å². The van der Waals surface area contributed by atoms with Gasteiger partial charge in [-0.1, -0.05) is 30.3 Å². The quantitative estimate of drug-likeness (QED) is 0.660. The lowest BCUT2D eigenvalue weighted by Crippen LogP contribution is -2.44. The fourth-order valence-electron chi connectivity index (χ4n) is 2.58. The van der Waals surface area contributed by atoms with E-state index in [9.17, 15) is 0 Å². The molecule has 1 heterocycles. The molecule has 0 spiro atoms. The number of ether oxygens (including phenoxy) is 1. The van der Waals surface area contributed by atoms with E-state index in [2.05, 4.69) is 52.5 Å². The van der Waals surface area contributed by atoms with Crippen molar-refractivity contribution in [1.29, 1.82) is 0 Å². The summed E-state index contributed by atoms with van der Waals surface area (Å²) in [6.45, 7) is 7.35. The van der Waals surface area contributed by atoms with Crippen LogP contribution in [-0.2, 0) is 11.3 Å². The standard InChI is InChI=1S/C17H28N4O/c1-4-18-17(20(2)3)19-12-16-14-21(10-11-22-16)13-15-8-6-5-7-9-15/h5-9,16H,4,10-14H2,1-3H3,(H,18,19). The molecule has 1 N–H and O–H groups in total. The Hall–Kier alpha value is -1.59. The second kappa shape index (κ2) is 8.76. The van der Waals surface area contributed by atoms with E-state index in [1.807, 2.05) is 19.0 Å². The first kappa shape index (κ1) is 16.8. The molecule has 1 aliphatic heterocycles. The van der Waals surface area contributed by atoms with Crippen LogP contribution in [0, 0.1) is 0 Å². The van der Waals surface area contributed by atoms with Crippen molar-refractivity contribution in [3.63, 3.8) is 0 Å². The molecule has 0 aromatic heterocycles. The second-order valence-electron chi connectivity index (χ2n) is 5.80. The molecule has 1 saturated heterocycles. The zero-order chi connectivity index (χ0) is 15.8. The molecule has 5 heteroatoms. The van der Waals surface area contributed by atoms with Crippen LogP contribution in [0.2, 0.25) is 0 Å². The van der Waals surface area contributed by atoms with Gasteiger partial charge in [-0.05, 0) is 12.5 Å². The van der Waals surface area contributed by atoms with Crippen molar-refractivity contribution in [3.8, 4) is 0 Å². The number of nitrogens with zero attached hydrogens (tertiary/aromatic N) is 3. The fourth-order valence-corrected chi connectivity index (χ4v) is 2.58. The summed E-state index contributed by atoms with van der Waals surface area (Å²) in [5, 5.41) is 3.28. The maximum Gasteiger partial charge on any atom is 0.193 e. The summed E-state index contributed by atoms with van der Waals surface area (Å²) in [6.07, 6.45) is 0.172. The third-order valence-corrected chi connectivity index (χ3v) is 3.68. The summed E-state index contributed by atoms with van der Waals surface area (Å²) in [6, 6.07) is 10.6. The van der Waals surface area contributed by atoms with Crippen molar-refractivity contribution in [2.45, 2.75) is 19.6 Å². The highest BCUT2D eigenvalue weighted by atomic mass is 16.5. The van der Waals surface area contributed by atoms with E-state index in [-0.39, 0.29) is 6.10 Å². The molecule has 1 aliphatic rings. The Balaban J connectivity index is 1.86. The maximum absolute atomic E-state index is 5.86. The number of aliphatic imine (C=N–C) groups is 1. The van der Waals surface area contributed by atoms with E-state index in [1.165, 1.54) is 5.56 Å². The number of morpholine rings is 1. The van der Waals surface area contributed by atoms with Crippen LogP contribution in [0.1, 0.15) is 12.5 Å². The molecule has 22 heavy (non-hydrogen) atoms. The van der Waals surface area contributed by atoms with Crippen LogP contribution < -0.4 is 5.32 Å². The van der Waals surface area contributed by atoms with Crippen LogP contribution in [-0.4, -0.2) is 68.7 Å². The molecule has 1 aromatic carbocycles. The average molecular weight is 304 g/mol. The summed E-state index contributed by atoms with van der Waals surface area (Å²) in [5.74, 6) is 0.922. The Bertz CT molecular complexity index is 461. The first-order chi connectivity index (χ1) is 10.7. The van der Waals surface area contributed by atoms with Crippen molar-refractivity contribution < 1.29 is 4.74 Å². The van der Waals surface area contributed by atoms with Crippen LogP contribution in [0.25, 0.3) is 0 Å². The van der Waals surface area contributed by atoms with Gasteiger partial charge in [0, 0.05) is 40.3 Å². The molecule has 1 unspecified atom stereocenters. The third-order valence-electron chi connectivity index (χ3n) is 3.68. The van der Waals surface area contributed by atoms with Gasteiger partial charge in [0.15, 0.2) is 5.96 Å². The van der Waals surface area contributed by atoms with E-state index < -0.39 is 0 Å². The summed E-state index contributed by atoms with van der Waals surface area (Å²) in [4.78, 5) is 9.11. The Morgan fingerprint density at radius 1 is 1.36 bits per heavy atom. The normalized spacial score (nSPS) is 20.0. The van der Waals surface area contributed by atoms with E-state index in [0.717, 1.165) is 38.7 Å². The molecule has 5 nitrogen and oxygen atoms in total. The predicted octanol–water partition coefficient (Wildman–Crippen LogP) is 1.41. The zero-order valence-corrected chi connectivity index (χ0v) is 14.0. The molecular weight excluding hydrogens is 276 g/mol. The molecule has 0 aliphatic carbocycles. The summed E-state index contributed by atoms with van der Waals surface area (Å²) >= 11 is 0. The van der Waals surface area contributed by atoms with Gasteiger partial charge in [-0.3, -0.25) is 9.89 Å². The fraction of sp³-hybridized carbons (Fsp3) is 0.588. The maximum atomic E-state index is 5.86. The van der Waals surface area contributed by atoms with Gasteiger partial charge in [-0.15, -0.1) is 0 Å². The first-order valence-corrected chi connectivity index (χ1v) is 8.02. The van der Waals surface area contributed by atoms with Gasteiger partial charge < -0.3 is 15.0 Å².